The summed E-state index contributed by atoms with van der Waals surface area (Å²) in [7, 11) is 1.92. The second-order valence-corrected chi connectivity index (χ2v) is 5.14. The Bertz CT molecular complexity index is 621. The van der Waals surface area contributed by atoms with Crippen LogP contribution in [-0.4, -0.2) is 14.8 Å². The summed E-state index contributed by atoms with van der Waals surface area (Å²) in [6.07, 6.45) is 1.85. The van der Waals surface area contributed by atoms with Crippen molar-refractivity contribution in [1.82, 2.24) is 9.78 Å². The van der Waals surface area contributed by atoms with Crippen LogP contribution < -0.4 is 11.1 Å². The molecule has 1 aromatic heterocycles. The molecular weight excluding hydrogens is 280 g/mol. The molecule has 0 radical (unpaired) electrons. The van der Waals surface area contributed by atoms with Crippen molar-refractivity contribution >= 4 is 34.5 Å². The SMILES string of the molecule is Cc1c(CNc2ccc(C(N)=S)c(Cl)c2)cnn1C. The number of nitrogens with two attached hydrogens (primary N) is 1. The quantitative estimate of drug-likeness (QED) is 0.851. The first-order valence-corrected chi connectivity index (χ1v) is 6.58. The third-order valence-corrected chi connectivity index (χ3v) is 3.59. The van der Waals surface area contributed by atoms with E-state index in [1.54, 1.807) is 0 Å². The highest BCUT2D eigenvalue weighted by molar-refractivity contribution is 7.80. The van der Waals surface area contributed by atoms with E-state index in [1.165, 1.54) is 0 Å². The Labute approximate surface area is 122 Å². The van der Waals surface area contributed by atoms with E-state index in [4.69, 9.17) is 29.6 Å². The number of nitrogens with one attached hydrogen (secondary N) is 1. The van der Waals surface area contributed by atoms with E-state index in [0.717, 1.165) is 16.9 Å². The van der Waals surface area contributed by atoms with Gasteiger partial charge in [-0.1, -0.05) is 23.8 Å². The molecule has 100 valence electrons. The Morgan fingerprint density at radius 3 is 2.79 bits per heavy atom. The standard InChI is InChI=1S/C13H15ClN4S/c1-8-9(7-17-18(8)2)6-16-10-3-4-11(13(15)19)12(14)5-10/h3-5,7,16H,6H2,1-2H3,(H2,15,19). The van der Waals surface area contributed by atoms with Crippen LogP contribution in [0, 0.1) is 6.92 Å². The second-order valence-electron chi connectivity index (χ2n) is 4.29. The number of halogens is 1. The smallest absolute Gasteiger partial charge is 0.105 e. The van der Waals surface area contributed by atoms with Gasteiger partial charge >= 0.3 is 0 Å². The lowest BCUT2D eigenvalue weighted by Gasteiger charge is -2.08. The predicted octanol–water partition coefficient (Wildman–Crippen LogP) is 2.63. The van der Waals surface area contributed by atoms with Gasteiger partial charge in [0.05, 0.1) is 11.2 Å². The summed E-state index contributed by atoms with van der Waals surface area (Å²) >= 11 is 11.0. The van der Waals surface area contributed by atoms with E-state index >= 15 is 0 Å². The maximum atomic E-state index is 6.12. The van der Waals surface area contributed by atoms with Gasteiger partial charge in [-0.15, -0.1) is 0 Å². The van der Waals surface area contributed by atoms with Crippen LogP contribution in [0.25, 0.3) is 0 Å². The van der Waals surface area contributed by atoms with E-state index in [-0.39, 0.29) is 0 Å². The molecule has 0 bridgehead atoms. The molecule has 0 aliphatic carbocycles. The van der Waals surface area contributed by atoms with E-state index < -0.39 is 0 Å². The van der Waals surface area contributed by atoms with Gasteiger partial charge in [-0.25, -0.2) is 0 Å². The number of benzene rings is 1. The molecule has 19 heavy (non-hydrogen) atoms. The molecule has 1 heterocycles. The lowest BCUT2D eigenvalue weighted by molar-refractivity contribution is 0.738. The number of anilines is 1. The number of aromatic nitrogens is 2. The Morgan fingerprint density at radius 2 is 2.26 bits per heavy atom. The van der Waals surface area contributed by atoms with Crippen LogP contribution in [0.5, 0.6) is 0 Å². The molecule has 0 aliphatic heterocycles. The fourth-order valence-electron chi connectivity index (χ4n) is 1.74. The molecule has 2 rings (SSSR count). The van der Waals surface area contributed by atoms with Crippen LogP contribution in [0.4, 0.5) is 5.69 Å². The van der Waals surface area contributed by atoms with Crippen molar-refractivity contribution in [3.63, 3.8) is 0 Å². The molecule has 2 aromatic rings. The average molecular weight is 295 g/mol. The zero-order valence-corrected chi connectivity index (χ0v) is 12.3. The van der Waals surface area contributed by atoms with Crippen LogP contribution in [0.2, 0.25) is 5.02 Å². The molecule has 0 atom stereocenters. The maximum absolute atomic E-state index is 6.12. The van der Waals surface area contributed by atoms with Gasteiger partial charge in [0.15, 0.2) is 0 Å². The third kappa shape index (κ3) is 3.05. The van der Waals surface area contributed by atoms with Crippen LogP contribution in [-0.2, 0) is 13.6 Å². The summed E-state index contributed by atoms with van der Waals surface area (Å²) in [6.45, 7) is 2.73. The van der Waals surface area contributed by atoms with Gasteiger partial charge < -0.3 is 11.1 Å². The fourth-order valence-corrected chi connectivity index (χ4v) is 2.26. The van der Waals surface area contributed by atoms with Gasteiger partial charge in [0.1, 0.15) is 4.99 Å². The minimum absolute atomic E-state index is 0.305. The van der Waals surface area contributed by atoms with E-state index in [9.17, 15) is 0 Å². The molecule has 6 heteroatoms. The molecule has 1 aromatic carbocycles. The lowest BCUT2D eigenvalue weighted by Crippen LogP contribution is -2.10. The molecule has 0 aliphatic rings. The summed E-state index contributed by atoms with van der Waals surface area (Å²) in [5.74, 6) is 0. The number of hydrogen-bond donors (Lipinski definition) is 2. The van der Waals surface area contributed by atoms with Crippen molar-refractivity contribution in [2.45, 2.75) is 13.5 Å². The largest absolute Gasteiger partial charge is 0.389 e. The average Bonchev–Trinajstić information content (AvgIpc) is 2.67. The Hall–Kier alpha value is -1.59. The van der Waals surface area contributed by atoms with Gasteiger partial charge in [-0.2, -0.15) is 5.10 Å². The second kappa shape index (κ2) is 5.59. The molecule has 0 saturated carbocycles. The van der Waals surface area contributed by atoms with Crippen molar-refractivity contribution in [2.24, 2.45) is 12.8 Å². The monoisotopic (exact) mass is 294 g/mol. The van der Waals surface area contributed by atoms with Crippen molar-refractivity contribution in [1.29, 1.82) is 0 Å². The van der Waals surface area contributed by atoms with E-state index in [2.05, 4.69) is 10.4 Å². The highest BCUT2D eigenvalue weighted by Crippen LogP contribution is 2.21. The molecule has 3 N–H and O–H groups in total. The minimum atomic E-state index is 0.305. The first kappa shape index (κ1) is 13.8. The normalized spacial score (nSPS) is 10.5. The third-order valence-electron chi connectivity index (χ3n) is 3.05. The van der Waals surface area contributed by atoms with Crippen molar-refractivity contribution in [3.8, 4) is 0 Å². The predicted molar refractivity (Wildman–Crippen MR) is 82.6 cm³/mol. The number of aryl methyl sites for hydroxylation is 1. The summed E-state index contributed by atoms with van der Waals surface area (Å²) in [5, 5.41) is 8.06. The topological polar surface area (TPSA) is 55.9 Å². The summed E-state index contributed by atoms with van der Waals surface area (Å²) in [5.41, 5.74) is 9.47. The maximum Gasteiger partial charge on any atom is 0.105 e. The van der Waals surface area contributed by atoms with Crippen LogP contribution in [0.1, 0.15) is 16.8 Å². The van der Waals surface area contributed by atoms with Crippen LogP contribution in [0.3, 0.4) is 0 Å². The van der Waals surface area contributed by atoms with Crippen molar-refractivity contribution in [3.05, 3.63) is 46.2 Å². The summed E-state index contributed by atoms with van der Waals surface area (Å²) in [4.78, 5) is 0.305. The summed E-state index contributed by atoms with van der Waals surface area (Å²) < 4.78 is 1.85. The van der Waals surface area contributed by atoms with Gasteiger partial charge in [-0.05, 0) is 25.1 Å². The molecule has 0 spiro atoms. The molecule has 0 unspecified atom stereocenters. The van der Waals surface area contributed by atoms with Crippen LogP contribution >= 0.6 is 23.8 Å². The highest BCUT2D eigenvalue weighted by Gasteiger charge is 2.06. The molecule has 4 nitrogen and oxygen atoms in total. The zero-order valence-electron chi connectivity index (χ0n) is 10.8. The summed E-state index contributed by atoms with van der Waals surface area (Å²) in [6, 6.07) is 5.55. The van der Waals surface area contributed by atoms with E-state index in [1.807, 2.05) is 43.0 Å². The van der Waals surface area contributed by atoms with Crippen molar-refractivity contribution in [2.75, 3.05) is 5.32 Å². The Morgan fingerprint density at radius 1 is 1.53 bits per heavy atom. The van der Waals surface area contributed by atoms with Crippen molar-refractivity contribution < 1.29 is 0 Å². The highest BCUT2D eigenvalue weighted by atomic mass is 35.5. The number of hydrogen-bond acceptors (Lipinski definition) is 3. The molecule has 0 saturated heterocycles. The number of rotatable bonds is 4. The lowest BCUT2D eigenvalue weighted by atomic mass is 10.2. The minimum Gasteiger partial charge on any atom is -0.389 e. The van der Waals surface area contributed by atoms with Gasteiger partial charge in [0.25, 0.3) is 0 Å². The first-order valence-electron chi connectivity index (χ1n) is 5.79. The number of nitrogens with zero attached hydrogens (tertiary/aromatic N) is 2. The van der Waals surface area contributed by atoms with Crippen LogP contribution in [0.15, 0.2) is 24.4 Å². The Kier molecular flexibility index (Phi) is 4.07. The number of thiocarbonyl (C=S) groups is 1. The Balaban J connectivity index is 2.10. The van der Waals surface area contributed by atoms with Gasteiger partial charge in [0.2, 0.25) is 0 Å². The van der Waals surface area contributed by atoms with Gasteiger partial charge in [0, 0.05) is 36.1 Å². The molecule has 0 fully saturated rings. The van der Waals surface area contributed by atoms with Gasteiger partial charge in [-0.3, -0.25) is 4.68 Å². The fraction of sp³-hybridized carbons (Fsp3) is 0.231. The zero-order chi connectivity index (χ0) is 14.0. The first-order chi connectivity index (χ1) is 8.99. The molecule has 0 amide bonds. The van der Waals surface area contributed by atoms with E-state index in [0.29, 0.717) is 22.1 Å². The molecular formula is C13H15ClN4S.